The van der Waals surface area contributed by atoms with Crippen LogP contribution >= 0.6 is 0 Å². The van der Waals surface area contributed by atoms with Gasteiger partial charge in [0, 0.05) is 31.0 Å². The van der Waals surface area contributed by atoms with Crippen LogP contribution in [0, 0.1) is 0 Å². The van der Waals surface area contributed by atoms with E-state index in [-0.39, 0.29) is 6.61 Å². The minimum atomic E-state index is 0.0720. The van der Waals surface area contributed by atoms with E-state index in [9.17, 15) is 0 Å². The van der Waals surface area contributed by atoms with Crippen LogP contribution in [-0.2, 0) is 26.6 Å². The van der Waals surface area contributed by atoms with Crippen LogP contribution in [0.4, 0.5) is 5.69 Å². The number of anilines is 1. The van der Waals surface area contributed by atoms with Crippen molar-refractivity contribution in [2.75, 3.05) is 5.32 Å². The molecule has 0 aliphatic heterocycles. The van der Waals surface area contributed by atoms with Crippen LogP contribution in [-0.4, -0.2) is 14.9 Å². The number of aromatic nitrogens is 2. The van der Waals surface area contributed by atoms with Crippen LogP contribution in [0.2, 0.25) is 0 Å². The van der Waals surface area contributed by atoms with Gasteiger partial charge in [0.2, 0.25) is 0 Å². The summed E-state index contributed by atoms with van der Waals surface area (Å²) in [6.07, 6.45) is 2.98. The first-order valence-electron chi connectivity index (χ1n) is 6.18. The van der Waals surface area contributed by atoms with Crippen molar-refractivity contribution in [1.29, 1.82) is 0 Å². The number of rotatable bonds is 5. The standard InChI is InChI=1S/C14H19N3O/c1-3-14-12(9-17(2)16-14)8-15-13-6-4-5-11(7-13)10-18/h4-7,9,15,18H,3,8,10H2,1-2H3. The predicted octanol–water partition coefficient (Wildman–Crippen LogP) is 2.09. The van der Waals surface area contributed by atoms with Crippen molar-refractivity contribution in [2.45, 2.75) is 26.5 Å². The van der Waals surface area contributed by atoms with Crippen molar-refractivity contribution < 1.29 is 5.11 Å². The van der Waals surface area contributed by atoms with Crippen LogP contribution in [0.3, 0.4) is 0 Å². The first-order chi connectivity index (χ1) is 8.72. The zero-order valence-electron chi connectivity index (χ0n) is 10.8. The number of nitrogens with zero attached hydrogens (tertiary/aromatic N) is 2. The maximum Gasteiger partial charge on any atom is 0.0682 e. The Morgan fingerprint density at radius 1 is 1.39 bits per heavy atom. The van der Waals surface area contributed by atoms with E-state index in [1.54, 1.807) is 0 Å². The van der Waals surface area contributed by atoms with E-state index in [1.165, 1.54) is 5.56 Å². The molecule has 0 bridgehead atoms. The van der Waals surface area contributed by atoms with Gasteiger partial charge < -0.3 is 10.4 Å². The Kier molecular flexibility index (Phi) is 3.99. The topological polar surface area (TPSA) is 50.1 Å². The molecule has 2 rings (SSSR count). The fraction of sp³-hybridized carbons (Fsp3) is 0.357. The summed E-state index contributed by atoms with van der Waals surface area (Å²) in [5.74, 6) is 0. The van der Waals surface area contributed by atoms with Gasteiger partial charge in [0.1, 0.15) is 0 Å². The number of nitrogens with one attached hydrogen (secondary N) is 1. The van der Waals surface area contributed by atoms with Crippen molar-refractivity contribution in [2.24, 2.45) is 7.05 Å². The third-order valence-electron chi connectivity index (χ3n) is 2.92. The summed E-state index contributed by atoms with van der Waals surface area (Å²) >= 11 is 0. The number of hydrogen-bond acceptors (Lipinski definition) is 3. The SMILES string of the molecule is CCc1nn(C)cc1CNc1cccc(CO)c1. The highest BCUT2D eigenvalue weighted by molar-refractivity contribution is 5.46. The highest BCUT2D eigenvalue weighted by Crippen LogP contribution is 2.14. The maximum absolute atomic E-state index is 9.09. The van der Waals surface area contributed by atoms with Crippen LogP contribution in [0.1, 0.15) is 23.7 Å². The molecule has 1 aromatic carbocycles. The third kappa shape index (κ3) is 2.90. The molecule has 1 aromatic heterocycles. The van der Waals surface area contributed by atoms with E-state index < -0.39 is 0 Å². The molecular weight excluding hydrogens is 226 g/mol. The number of aliphatic hydroxyl groups is 1. The molecule has 0 radical (unpaired) electrons. The Bertz CT molecular complexity index is 520. The number of hydrogen-bond donors (Lipinski definition) is 2. The smallest absolute Gasteiger partial charge is 0.0682 e. The highest BCUT2D eigenvalue weighted by Gasteiger charge is 2.05. The molecule has 2 N–H and O–H groups in total. The first kappa shape index (κ1) is 12.6. The van der Waals surface area contributed by atoms with E-state index in [1.807, 2.05) is 42.2 Å². The predicted molar refractivity (Wildman–Crippen MR) is 72.3 cm³/mol. The van der Waals surface area contributed by atoms with Gasteiger partial charge in [0.15, 0.2) is 0 Å². The van der Waals surface area contributed by atoms with Crippen molar-refractivity contribution >= 4 is 5.69 Å². The normalized spacial score (nSPS) is 10.6. The molecule has 0 aliphatic rings. The molecule has 18 heavy (non-hydrogen) atoms. The van der Waals surface area contributed by atoms with Gasteiger partial charge in [-0.1, -0.05) is 19.1 Å². The zero-order valence-corrected chi connectivity index (χ0v) is 10.8. The fourth-order valence-corrected chi connectivity index (χ4v) is 2.01. The lowest BCUT2D eigenvalue weighted by atomic mass is 10.2. The summed E-state index contributed by atoms with van der Waals surface area (Å²) in [7, 11) is 1.94. The molecule has 96 valence electrons. The van der Waals surface area contributed by atoms with Gasteiger partial charge in [0.05, 0.1) is 12.3 Å². The minimum Gasteiger partial charge on any atom is -0.392 e. The molecule has 4 heteroatoms. The lowest BCUT2D eigenvalue weighted by Crippen LogP contribution is -2.01. The average molecular weight is 245 g/mol. The number of aryl methyl sites for hydroxylation is 2. The van der Waals surface area contributed by atoms with Crippen LogP contribution in [0.5, 0.6) is 0 Å². The van der Waals surface area contributed by atoms with Gasteiger partial charge in [-0.05, 0) is 24.1 Å². The van der Waals surface area contributed by atoms with Crippen LogP contribution < -0.4 is 5.32 Å². The zero-order chi connectivity index (χ0) is 13.0. The van der Waals surface area contributed by atoms with Gasteiger partial charge in [-0.2, -0.15) is 5.10 Å². The minimum absolute atomic E-state index is 0.0720. The fourth-order valence-electron chi connectivity index (χ4n) is 2.01. The van der Waals surface area contributed by atoms with E-state index >= 15 is 0 Å². The second-order valence-corrected chi connectivity index (χ2v) is 4.34. The lowest BCUT2D eigenvalue weighted by Gasteiger charge is -2.07. The average Bonchev–Trinajstić information content (AvgIpc) is 2.77. The summed E-state index contributed by atoms with van der Waals surface area (Å²) < 4.78 is 1.85. The van der Waals surface area contributed by atoms with E-state index in [4.69, 9.17) is 5.11 Å². The Morgan fingerprint density at radius 2 is 2.22 bits per heavy atom. The molecule has 0 unspecified atom stereocenters. The Balaban J connectivity index is 2.06. The van der Waals surface area contributed by atoms with Crippen LogP contribution in [0.25, 0.3) is 0 Å². The maximum atomic E-state index is 9.09. The third-order valence-corrected chi connectivity index (χ3v) is 2.92. The lowest BCUT2D eigenvalue weighted by molar-refractivity contribution is 0.282. The Morgan fingerprint density at radius 3 is 2.94 bits per heavy atom. The molecule has 4 nitrogen and oxygen atoms in total. The van der Waals surface area contributed by atoms with Crippen molar-refractivity contribution in [1.82, 2.24) is 9.78 Å². The molecule has 0 saturated heterocycles. The molecule has 0 amide bonds. The largest absolute Gasteiger partial charge is 0.392 e. The van der Waals surface area contributed by atoms with E-state index in [0.717, 1.165) is 29.9 Å². The van der Waals surface area contributed by atoms with Gasteiger partial charge in [-0.3, -0.25) is 4.68 Å². The molecule has 1 heterocycles. The van der Waals surface area contributed by atoms with Crippen LogP contribution in [0.15, 0.2) is 30.5 Å². The molecular formula is C14H19N3O. The second-order valence-electron chi connectivity index (χ2n) is 4.34. The summed E-state index contributed by atoms with van der Waals surface area (Å²) in [4.78, 5) is 0. The second kappa shape index (κ2) is 5.69. The summed E-state index contributed by atoms with van der Waals surface area (Å²) in [6.45, 7) is 2.94. The van der Waals surface area contributed by atoms with Gasteiger partial charge in [-0.15, -0.1) is 0 Å². The quantitative estimate of drug-likeness (QED) is 0.848. The molecule has 0 saturated carbocycles. The molecule has 0 spiro atoms. The molecule has 0 fully saturated rings. The first-order valence-corrected chi connectivity index (χ1v) is 6.18. The summed E-state index contributed by atoms with van der Waals surface area (Å²) in [5.41, 5.74) is 4.28. The Hall–Kier alpha value is -1.81. The highest BCUT2D eigenvalue weighted by atomic mass is 16.3. The molecule has 0 atom stereocenters. The number of aliphatic hydroxyl groups excluding tert-OH is 1. The van der Waals surface area contributed by atoms with Crippen molar-refractivity contribution in [3.63, 3.8) is 0 Å². The van der Waals surface area contributed by atoms with Crippen molar-refractivity contribution in [3.8, 4) is 0 Å². The van der Waals surface area contributed by atoms with Gasteiger partial charge in [0.25, 0.3) is 0 Å². The monoisotopic (exact) mass is 245 g/mol. The molecule has 2 aromatic rings. The van der Waals surface area contributed by atoms with Gasteiger partial charge in [-0.25, -0.2) is 0 Å². The van der Waals surface area contributed by atoms with Gasteiger partial charge >= 0.3 is 0 Å². The van der Waals surface area contributed by atoms with E-state index in [0.29, 0.717) is 0 Å². The number of benzene rings is 1. The summed E-state index contributed by atoms with van der Waals surface area (Å²) in [5, 5.41) is 16.9. The van der Waals surface area contributed by atoms with Crippen molar-refractivity contribution in [3.05, 3.63) is 47.3 Å². The summed E-state index contributed by atoms with van der Waals surface area (Å²) in [6, 6.07) is 7.81. The molecule has 0 aliphatic carbocycles. The van der Waals surface area contributed by atoms with E-state index in [2.05, 4.69) is 17.3 Å². The Labute approximate surface area is 107 Å².